The lowest BCUT2D eigenvalue weighted by Gasteiger charge is -2.09. The molecule has 0 saturated heterocycles. The predicted molar refractivity (Wildman–Crippen MR) is 60.5 cm³/mol. The Morgan fingerprint density at radius 3 is 2.71 bits per heavy atom. The number of allylic oxidation sites excluding steroid dienone is 2. The summed E-state index contributed by atoms with van der Waals surface area (Å²) in [5.41, 5.74) is 2.48. The van der Waals surface area contributed by atoms with Crippen LogP contribution < -0.4 is 0 Å². The Morgan fingerprint density at radius 2 is 2.14 bits per heavy atom. The largest absolute Gasteiger partial charge is 0.508 e. The summed E-state index contributed by atoms with van der Waals surface area (Å²) in [5, 5.41) is 9.26. The van der Waals surface area contributed by atoms with Gasteiger partial charge in [0.05, 0.1) is 0 Å². The summed E-state index contributed by atoms with van der Waals surface area (Å²) in [5.74, 6) is 0.910. The van der Waals surface area contributed by atoms with Crippen LogP contribution in [0, 0.1) is 12.8 Å². The van der Waals surface area contributed by atoms with Gasteiger partial charge in [0.2, 0.25) is 0 Å². The molecular weight excluding hydrogens is 172 g/mol. The Hall–Kier alpha value is -1.24. The second-order valence-electron chi connectivity index (χ2n) is 3.82. The lowest BCUT2D eigenvalue weighted by molar-refractivity contribution is 0.474. The molecule has 0 aliphatic carbocycles. The standard InChI is InChI=1S/C13H18O/c1-4-5-10(2)8-12-6-7-13(14)9-11(12)3/h4-7,9-10,14H,8H2,1-3H3/b5-4-. The summed E-state index contributed by atoms with van der Waals surface area (Å²) in [4.78, 5) is 0. The fourth-order valence-corrected chi connectivity index (χ4v) is 1.65. The van der Waals surface area contributed by atoms with E-state index in [1.807, 2.05) is 26.0 Å². The number of phenolic OH excluding ortho intramolecular Hbond substituents is 1. The van der Waals surface area contributed by atoms with E-state index in [4.69, 9.17) is 0 Å². The topological polar surface area (TPSA) is 20.2 Å². The average molecular weight is 190 g/mol. The molecule has 0 fully saturated rings. The maximum absolute atomic E-state index is 9.26. The average Bonchev–Trinajstić information content (AvgIpc) is 2.10. The Kier molecular flexibility index (Phi) is 3.75. The van der Waals surface area contributed by atoms with Gasteiger partial charge in [-0.15, -0.1) is 0 Å². The van der Waals surface area contributed by atoms with Gasteiger partial charge in [0.1, 0.15) is 5.75 Å². The highest BCUT2D eigenvalue weighted by molar-refractivity contribution is 5.34. The zero-order valence-corrected chi connectivity index (χ0v) is 9.12. The quantitative estimate of drug-likeness (QED) is 0.724. The normalized spacial score (nSPS) is 13.4. The van der Waals surface area contributed by atoms with Crippen LogP contribution in [0.15, 0.2) is 30.4 Å². The van der Waals surface area contributed by atoms with E-state index in [1.165, 1.54) is 11.1 Å². The molecule has 1 nitrogen and oxygen atoms in total. The van der Waals surface area contributed by atoms with E-state index in [9.17, 15) is 5.11 Å². The van der Waals surface area contributed by atoms with Crippen LogP contribution in [0.1, 0.15) is 25.0 Å². The number of hydrogen-bond acceptors (Lipinski definition) is 1. The number of phenols is 1. The molecule has 0 bridgehead atoms. The number of benzene rings is 1. The summed E-state index contributed by atoms with van der Waals surface area (Å²) >= 11 is 0. The van der Waals surface area contributed by atoms with Crippen LogP contribution in [0.5, 0.6) is 5.75 Å². The van der Waals surface area contributed by atoms with Crippen LogP contribution in [-0.4, -0.2) is 5.11 Å². The second kappa shape index (κ2) is 4.85. The van der Waals surface area contributed by atoms with Gasteiger partial charge in [-0.05, 0) is 49.4 Å². The molecule has 0 aliphatic rings. The first kappa shape index (κ1) is 10.8. The molecular formula is C13H18O. The number of aromatic hydroxyl groups is 1. The predicted octanol–water partition coefficient (Wildman–Crippen LogP) is 3.46. The molecule has 1 atom stereocenters. The zero-order chi connectivity index (χ0) is 10.6. The highest BCUT2D eigenvalue weighted by atomic mass is 16.3. The molecule has 0 amide bonds. The molecule has 0 radical (unpaired) electrons. The molecule has 0 aliphatic heterocycles. The van der Waals surface area contributed by atoms with E-state index < -0.39 is 0 Å². The van der Waals surface area contributed by atoms with Crippen molar-refractivity contribution in [2.24, 2.45) is 5.92 Å². The summed E-state index contributed by atoms with van der Waals surface area (Å²) in [6.07, 6.45) is 5.32. The number of rotatable bonds is 3. The van der Waals surface area contributed by atoms with Crippen LogP contribution in [-0.2, 0) is 6.42 Å². The van der Waals surface area contributed by atoms with Crippen molar-refractivity contribution in [2.45, 2.75) is 27.2 Å². The van der Waals surface area contributed by atoms with Gasteiger partial charge in [-0.3, -0.25) is 0 Å². The van der Waals surface area contributed by atoms with Crippen molar-refractivity contribution < 1.29 is 5.11 Å². The SMILES string of the molecule is C/C=C\C(C)Cc1ccc(O)cc1C. The van der Waals surface area contributed by atoms with E-state index in [2.05, 4.69) is 19.1 Å². The third kappa shape index (κ3) is 2.91. The Bertz CT molecular complexity index is 326. The fourth-order valence-electron chi connectivity index (χ4n) is 1.65. The van der Waals surface area contributed by atoms with Gasteiger partial charge < -0.3 is 5.11 Å². The van der Waals surface area contributed by atoms with Crippen molar-refractivity contribution in [1.29, 1.82) is 0 Å². The van der Waals surface area contributed by atoms with Gasteiger partial charge >= 0.3 is 0 Å². The summed E-state index contributed by atoms with van der Waals surface area (Å²) in [6.45, 7) is 6.28. The van der Waals surface area contributed by atoms with Crippen LogP contribution in [0.3, 0.4) is 0 Å². The van der Waals surface area contributed by atoms with Crippen molar-refractivity contribution in [2.75, 3.05) is 0 Å². The molecule has 14 heavy (non-hydrogen) atoms. The van der Waals surface area contributed by atoms with E-state index in [0.29, 0.717) is 11.7 Å². The van der Waals surface area contributed by atoms with E-state index in [1.54, 1.807) is 6.07 Å². The van der Waals surface area contributed by atoms with Gasteiger partial charge in [-0.25, -0.2) is 0 Å². The minimum atomic E-state index is 0.352. The summed E-state index contributed by atoms with van der Waals surface area (Å²) < 4.78 is 0. The number of aryl methyl sites for hydroxylation is 1. The van der Waals surface area contributed by atoms with Crippen molar-refractivity contribution in [3.8, 4) is 5.75 Å². The first-order valence-corrected chi connectivity index (χ1v) is 5.04. The van der Waals surface area contributed by atoms with E-state index in [0.717, 1.165) is 6.42 Å². The van der Waals surface area contributed by atoms with E-state index in [-0.39, 0.29) is 0 Å². The molecule has 0 aromatic heterocycles. The van der Waals surface area contributed by atoms with Crippen LogP contribution in [0.4, 0.5) is 0 Å². The van der Waals surface area contributed by atoms with Gasteiger partial charge in [-0.2, -0.15) is 0 Å². The monoisotopic (exact) mass is 190 g/mol. The minimum Gasteiger partial charge on any atom is -0.508 e. The lowest BCUT2D eigenvalue weighted by Crippen LogP contribution is -1.97. The maximum atomic E-state index is 9.26. The second-order valence-corrected chi connectivity index (χ2v) is 3.82. The molecule has 0 heterocycles. The molecule has 1 rings (SSSR count). The Labute approximate surface area is 86.1 Å². The van der Waals surface area contributed by atoms with Gasteiger partial charge in [0.15, 0.2) is 0 Å². The molecule has 1 aromatic carbocycles. The molecule has 0 saturated carbocycles. The highest BCUT2D eigenvalue weighted by Gasteiger charge is 2.03. The molecule has 0 spiro atoms. The molecule has 1 heteroatoms. The van der Waals surface area contributed by atoms with Crippen LogP contribution in [0.25, 0.3) is 0 Å². The first-order chi connectivity index (χ1) is 6.63. The van der Waals surface area contributed by atoms with Crippen molar-refractivity contribution in [1.82, 2.24) is 0 Å². The first-order valence-electron chi connectivity index (χ1n) is 5.04. The fraction of sp³-hybridized carbons (Fsp3) is 0.385. The maximum Gasteiger partial charge on any atom is 0.115 e. The van der Waals surface area contributed by atoms with Crippen molar-refractivity contribution in [3.63, 3.8) is 0 Å². The molecule has 1 N–H and O–H groups in total. The number of hydrogen-bond donors (Lipinski definition) is 1. The van der Waals surface area contributed by atoms with Gasteiger partial charge in [0.25, 0.3) is 0 Å². The Balaban J connectivity index is 2.76. The Morgan fingerprint density at radius 1 is 1.43 bits per heavy atom. The molecule has 1 aromatic rings. The van der Waals surface area contributed by atoms with Crippen molar-refractivity contribution >= 4 is 0 Å². The van der Waals surface area contributed by atoms with Crippen LogP contribution >= 0.6 is 0 Å². The summed E-state index contributed by atoms with van der Waals surface area (Å²) in [6, 6.07) is 5.58. The smallest absolute Gasteiger partial charge is 0.115 e. The zero-order valence-electron chi connectivity index (χ0n) is 9.12. The lowest BCUT2D eigenvalue weighted by atomic mass is 9.97. The van der Waals surface area contributed by atoms with Gasteiger partial charge in [-0.1, -0.05) is 25.1 Å². The molecule has 1 unspecified atom stereocenters. The van der Waals surface area contributed by atoms with Crippen molar-refractivity contribution in [3.05, 3.63) is 41.5 Å². The highest BCUT2D eigenvalue weighted by Crippen LogP contribution is 2.19. The summed E-state index contributed by atoms with van der Waals surface area (Å²) in [7, 11) is 0. The van der Waals surface area contributed by atoms with Crippen LogP contribution in [0.2, 0.25) is 0 Å². The minimum absolute atomic E-state index is 0.352. The van der Waals surface area contributed by atoms with E-state index >= 15 is 0 Å². The third-order valence-electron chi connectivity index (χ3n) is 2.39. The third-order valence-corrected chi connectivity index (χ3v) is 2.39. The molecule has 76 valence electrons. The van der Waals surface area contributed by atoms with Gasteiger partial charge in [0, 0.05) is 0 Å².